The summed E-state index contributed by atoms with van der Waals surface area (Å²) in [6.07, 6.45) is 2.90. The van der Waals surface area contributed by atoms with E-state index in [9.17, 15) is 0 Å². The van der Waals surface area contributed by atoms with Crippen molar-refractivity contribution in [3.05, 3.63) is 49.2 Å². The molecule has 1 aromatic carbocycles. The van der Waals surface area contributed by atoms with Crippen molar-refractivity contribution < 1.29 is 4.74 Å². The first-order chi connectivity index (χ1) is 7.33. The lowest BCUT2D eigenvalue weighted by Gasteiger charge is -2.02. The van der Waals surface area contributed by atoms with Gasteiger partial charge < -0.3 is 4.74 Å². The van der Waals surface area contributed by atoms with Crippen LogP contribution in [0.15, 0.2) is 36.5 Å². The molecule has 0 spiro atoms. The second-order valence-corrected chi connectivity index (χ2v) is 3.26. The average Bonchev–Trinajstić information content (AvgIpc) is 2.78. The Labute approximate surface area is 89.3 Å². The predicted octanol–water partition coefficient (Wildman–Crippen LogP) is 2.61. The number of ether oxygens (including phenoxy) is 1. The average molecular weight is 201 g/mol. The summed E-state index contributed by atoms with van der Waals surface area (Å²) in [5, 5.41) is 4.19. The number of hydrogen-bond donors (Lipinski definition) is 0. The van der Waals surface area contributed by atoms with Gasteiger partial charge in [-0.25, -0.2) is 4.68 Å². The monoisotopic (exact) mass is 201 g/mol. The SMILES string of the molecule is [CH2]Oc1ccn(-c2ccc(CC)cc2)n1. The van der Waals surface area contributed by atoms with E-state index in [1.165, 1.54) is 5.56 Å². The molecule has 2 aromatic rings. The van der Waals surface area contributed by atoms with Gasteiger partial charge in [0, 0.05) is 12.3 Å². The largest absolute Gasteiger partial charge is 0.473 e. The fraction of sp³-hybridized carbons (Fsp3) is 0.167. The predicted molar refractivity (Wildman–Crippen MR) is 58.9 cm³/mol. The highest BCUT2D eigenvalue weighted by Crippen LogP contribution is 2.12. The molecule has 0 atom stereocenters. The summed E-state index contributed by atoms with van der Waals surface area (Å²) < 4.78 is 6.54. The van der Waals surface area contributed by atoms with Crippen molar-refractivity contribution in [1.29, 1.82) is 0 Å². The Kier molecular flexibility index (Phi) is 2.72. The molecular weight excluding hydrogens is 188 g/mol. The topological polar surface area (TPSA) is 27.1 Å². The zero-order chi connectivity index (χ0) is 10.7. The number of nitrogens with zero attached hydrogens (tertiary/aromatic N) is 2. The van der Waals surface area contributed by atoms with Gasteiger partial charge in [0.05, 0.1) is 5.69 Å². The zero-order valence-corrected chi connectivity index (χ0v) is 8.68. The Balaban J connectivity index is 2.28. The summed E-state index contributed by atoms with van der Waals surface area (Å²) in [5.41, 5.74) is 2.34. The molecule has 0 bridgehead atoms. The lowest BCUT2D eigenvalue weighted by molar-refractivity contribution is 0.448. The van der Waals surface area contributed by atoms with Crippen LogP contribution in [0.5, 0.6) is 5.88 Å². The molecule has 1 radical (unpaired) electrons. The normalized spacial score (nSPS) is 10.3. The molecule has 15 heavy (non-hydrogen) atoms. The Morgan fingerprint density at radius 1 is 1.27 bits per heavy atom. The van der Waals surface area contributed by atoms with Gasteiger partial charge in [0.15, 0.2) is 0 Å². The lowest BCUT2D eigenvalue weighted by Crippen LogP contribution is -1.95. The Morgan fingerprint density at radius 2 is 2.00 bits per heavy atom. The van der Waals surface area contributed by atoms with Crippen molar-refractivity contribution in [2.24, 2.45) is 0 Å². The third-order valence-electron chi connectivity index (χ3n) is 2.32. The van der Waals surface area contributed by atoms with E-state index < -0.39 is 0 Å². The fourth-order valence-electron chi connectivity index (χ4n) is 1.41. The molecule has 0 aliphatic heterocycles. The first-order valence-electron chi connectivity index (χ1n) is 4.90. The quantitative estimate of drug-likeness (QED) is 0.763. The highest BCUT2D eigenvalue weighted by molar-refractivity contribution is 5.34. The molecule has 0 aliphatic rings. The molecule has 0 N–H and O–H groups in total. The summed E-state index contributed by atoms with van der Waals surface area (Å²) in [7, 11) is 3.31. The van der Waals surface area contributed by atoms with Crippen molar-refractivity contribution in [1.82, 2.24) is 9.78 Å². The molecule has 77 valence electrons. The molecule has 0 fully saturated rings. The molecule has 0 unspecified atom stereocenters. The maximum absolute atomic E-state index is 4.78. The second-order valence-electron chi connectivity index (χ2n) is 3.26. The van der Waals surface area contributed by atoms with E-state index in [1.807, 2.05) is 18.3 Å². The third-order valence-corrected chi connectivity index (χ3v) is 2.32. The molecule has 3 nitrogen and oxygen atoms in total. The van der Waals surface area contributed by atoms with Gasteiger partial charge in [-0.3, -0.25) is 0 Å². The molecule has 0 saturated carbocycles. The lowest BCUT2D eigenvalue weighted by atomic mass is 10.1. The Bertz CT molecular complexity index is 431. The number of rotatable bonds is 3. The van der Waals surface area contributed by atoms with E-state index in [1.54, 1.807) is 10.7 Å². The van der Waals surface area contributed by atoms with Gasteiger partial charge in [-0.15, -0.1) is 5.10 Å². The molecule has 1 aromatic heterocycles. The molecular formula is C12H13N2O. The minimum atomic E-state index is 0.523. The van der Waals surface area contributed by atoms with Crippen LogP contribution in [-0.4, -0.2) is 9.78 Å². The number of aryl methyl sites for hydroxylation is 1. The van der Waals surface area contributed by atoms with Crippen molar-refractivity contribution >= 4 is 0 Å². The Hall–Kier alpha value is -1.77. The Morgan fingerprint density at radius 3 is 2.53 bits per heavy atom. The number of hydrogen-bond acceptors (Lipinski definition) is 2. The van der Waals surface area contributed by atoms with E-state index in [0.29, 0.717) is 5.88 Å². The highest BCUT2D eigenvalue weighted by Gasteiger charge is 2.00. The molecule has 0 saturated heterocycles. The van der Waals surface area contributed by atoms with Crippen LogP contribution >= 0.6 is 0 Å². The van der Waals surface area contributed by atoms with Crippen molar-refractivity contribution in [3.63, 3.8) is 0 Å². The molecule has 2 rings (SSSR count). The summed E-state index contributed by atoms with van der Waals surface area (Å²) in [4.78, 5) is 0. The van der Waals surface area contributed by atoms with E-state index in [2.05, 4.69) is 31.3 Å². The van der Waals surface area contributed by atoms with Crippen LogP contribution in [0.2, 0.25) is 0 Å². The maximum Gasteiger partial charge on any atom is 0.233 e. The minimum Gasteiger partial charge on any atom is -0.473 e. The van der Waals surface area contributed by atoms with Gasteiger partial charge >= 0.3 is 0 Å². The molecule has 3 heteroatoms. The number of aromatic nitrogens is 2. The third kappa shape index (κ3) is 2.01. The van der Waals surface area contributed by atoms with Crippen LogP contribution in [0, 0.1) is 7.11 Å². The van der Waals surface area contributed by atoms with Gasteiger partial charge in [0.25, 0.3) is 0 Å². The number of benzene rings is 1. The molecule has 1 heterocycles. The van der Waals surface area contributed by atoms with Crippen LogP contribution in [0.1, 0.15) is 12.5 Å². The smallest absolute Gasteiger partial charge is 0.233 e. The standard InChI is InChI=1S/C12H13N2O/c1-3-10-4-6-11(7-5-10)14-9-8-12(13-14)15-2/h4-9H,2-3H2,1H3. The molecule has 0 aliphatic carbocycles. The first kappa shape index (κ1) is 9.77. The summed E-state index contributed by atoms with van der Waals surface area (Å²) in [6, 6.07) is 10.1. The van der Waals surface area contributed by atoms with Crippen LogP contribution in [0.25, 0.3) is 5.69 Å². The summed E-state index contributed by atoms with van der Waals surface area (Å²) in [6.45, 7) is 2.14. The minimum absolute atomic E-state index is 0.523. The zero-order valence-electron chi connectivity index (χ0n) is 8.68. The van der Waals surface area contributed by atoms with E-state index >= 15 is 0 Å². The fourth-order valence-corrected chi connectivity index (χ4v) is 1.41. The second kappa shape index (κ2) is 4.17. The van der Waals surface area contributed by atoms with Gasteiger partial charge in [0.2, 0.25) is 5.88 Å². The van der Waals surface area contributed by atoms with E-state index in [0.717, 1.165) is 12.1 Å². The van der Waals surface area contributed by atoms with Crippen LogP contribution < -0.4 is 4.74 Å². The van der Waals surface area contributed by atoms with Gasteiger partial charge in [-0.2, -0.15) is 0 Å². The van der Waals surface area contributed by atoms with E-state index in [4.69, 9.17) is 4.74 Å². The van der Waals surface area contributed by atoms with Crippen molar-refractivity contribution in [2.45, 2.75) is 13.3 Å². The van der Waals surface area contributed by atoms with Gasteiger partial charge in [-0.1, -0.05) is 19.1 Å². The van der Waals surface area contributed by atoms with Crippen LogP contribution in [0.3, 0.4) is 0 Å². The van der Waals surface area contributed by atoms with Crippen molar-refractivity contribution in [2.75, 3.05) is 0 Å². The maximum atomic E-state index is 4.78. The molecule has 0 amide bonds. The first-order valence-corrected chi connectivity index (χ1v) is 4.90. The van der Waals surface area contributed by atoms with Gasteiger partial charge in [-0.05, 0) is 24.1 Å². The highest BCUT2D eigenvalue weighted by atomic mass is 16.5. The van der Waals surface area contributed by atoms with Crippen LogP contribution in [0.4, 0.5) is 0 Å². The van der Waals surface area contributed by atoms with E-state index in [-0.39, 0.29) is 0 Å². The summed E-state index contributed by atoms with van der Waals surface area (Å²) >= 11 is 0. The summed E-state index contributed by atoms with van der Waals surface area (Å²) in [5.74, 6) is 0.523. The van der Waals surface area contributed by atoms with Gasteiger partial charge in [0.1, 0.15) is 7.11 Å². The van der Waals surface area contributed by atoms with Crippen molar-refractivity contribution in [3.8, 4) is 11.6 Å². The van der Waals surface area contributed by atoms with Crippen LogP contribution in [-0.2, 0) is 6.42 Å².